The SMILES string of the molecule is CCNC(=NCCC(=O)OC)Nc1ccc(OCC)c(OC)c1.I. The van der Waals surface area contributed by atoms with Crippen molar-refractivity contribution in [3.8, 4) is 11.5 Å². The fraction of sp³-hybridized carbons (Fsp3) is 0.500. The number of hydrogen-bond acceptors (Lipinski definition) is 5. The predicted octanol–water partition coefficient (Wildman–Crippen LogP) is 2.65. The molecular formula is C16H26IN3O4. The molecule has 0 aliphatic rings. The zero-order valence-corrected chi connectivity index (χ0v) is 16.9. The normalized spacial score (nSPS) is 10.4. The van der Waals surface area contributed by atoms with Gasteiger partial charge in [-0.1, -0.05) is 0 Å². The Hall–Kier alpha value is -1.71. The number of aliphatic imine (C=N–C) groups is 1. The number of carbonyl (C=O) groups excluding carboxylic acids is 1. The summed E-state index contributed by atoms with van der Waals surface area (Å²) >= 11 is 0. The molecule has 1 aromatic rings. The third kappa shape index (κ3) is 7.71. The number of rotatable bonds is 8. The minimum atomic E-state index is -0.285. The molecule has 8 heteroatoms. The van der Waals surface area contributed by atoms with Crippen molar-refractivity contribution < 1.29 is 19.0 Å². The van der Waals surface area contributed by atoms with Crippen LogP contribution in [0.4, 0.5) is 5.69 Å². The number of carbonyl (C=O) groups is 1. The van der Waals surface area contributed by atoms with E-state index in [4.69, 9.17) is 9.47 Å². The fourth-order valence-electron chi connectivity index (χ4n) is 1.82. The Bertz CT molecular complexity index is 538. The molecule has 2 N–H and O–H groups in total. The molecule has 0 amide bonds. The van der Waals surface area contributed by atoms with Crippen LogP contribution >= 0.6 is 24.0 Å². The Balaban J connectivity index is 0.00000529. The highest BCUT2D eigenvalue weighted by Crippen LogP contribution is 2.30. The second kappa shape index (κ2) is 12.7. The van der Waals surface area contributed by atoms with Crippen LogP contribution in [-0.4, -0.2) is 45.8 Å². The molecule has 0 unspecified atom stereocenters. The van der Waals surface area contributed by atoms with Gasteiger partial charge in [-0.15, -0.1) is 24.0 Å². The van der Waals surface area contributed by atoms with Crippen LogP contribution in [0.15, 0.2) is 23.2 Å². The second-order valence-corrected chi connectivity index (χ2v) is 4.51. The van der Waals surface area contributed by atoms with Crippen LogP contribution in [0.2, 0.25) is 0 Å². The van der Waals surface area contributed by atoms with Crippen LogP contribution < -0.4 is 20.1 Å². The van der Waals surface area contributed by atoms with Gasteiger partial charge in [-0.3, -0.25) is 9.79 Å². The molecule has 7 nitrogen and oxygen atoms in total. The van der Waals surface area contributed by atoms with E-state index in [9.17, 15) is 4.79 Å². The van der Waals surface area contributed by atoms with Gasteiger partial charge in [0.15, 0.2) is 17.5 Å². The highest BCUT2D eigenvalue weighted by Gasteiger charge is 2.07. The maximum absolute atomic E-state index is 11.1. The van der Waals surface area contributed by atoms with E-state index in [2.05, 4.69) is 20.4 Å². The van der Waals surface area contributed by atoms with Crippen LogP contribution in [0, 0.1) is 0 Å². The van der Waals surface area contributed by atoms with Crippen molar-refractivity contribution in [3.63, 3.8) is 0 Å². The zero-order chi connectivity index (χ0) is 17.1. The lowest BCUT2D eigenvalue weighted by molar-refractivity contribution is -0.140. The van der Waals surface area contributed by atoms with Crippen LogP contribution in [0.3, 0.4) is 0 Å². The van der Waals surface area contributed by atoms with Gasteiger partial charge in [0.25, 0.3) is 0 Å². The molecule has 0 heterocycles. The molecule has 0 atom stereocenters. The van der Waals surface area contributed by atoms with Gasteiger partial charge in [0.2, 0.25) is 0 Å². The van der Waals surface area contributed by atoms with Crippen molar-refractivity contribution in [2.75, 3.05) is 39.2 Å². The van der Waals surface area contributed by atoms with Gasteiger partial charge in [0.05, 0.1) is 33.8 Å². The third-order valence-electron chi connectivity index (χ3n) is 2.88. The maximum atomic E-state index is 11.1. The summed E-state index contributed by atoms with van der Waals surface area (Å²) in [5.41, 5.74) is 0.808. The third-order valence-corrected chi connectivity index (χ3v) is 2.88. The van der Waals surface area contributed by atoms with Gasteiger partial charge in [0, 0.05) is 18.3 Å². The van der Waals surface area contributed by atoms with Crippen LogP contribution in [0.1, 0.15) is 20.3 Å². The highest BCUT2D eigenvalue weighted by atomic mass is 127. The van der Waals surface area contributed by atoms with Crippen molar-refractivity contribution in [1.82, 2.24) is 5.32 Å². The smallest absolute Gasteiger partial charge is 0.307 e. The van der Waals surface area contributed by atoms with E-state index >= 15 is 0 Å². The average Bonchev–Trinajstić information content (AvgIpc) is 2.56. The number of nitrogens with one attached hydrogen (secondary N) is 2. The lowest BCUT2D eigenvalue weighted by atomic mass is 10.2. The Labute approximate surface area is 160 Å². The summed E-state index contributed by atoms with van der Waals surface area (Å²) in [6.07, 6.45) is 0.236. The molecule has 136 valence electrons. The number of nitrogens with zero attached hydrogens (tertiary/aromatic N) is 1. The van der Waals surface area contributed by atoms with Gasteiger partial charge in [0.1, 0.15) is 0 Å². The maximum Gasteiger partial charge on any atom is 0.307 e. The number of ether oxygens (including phenoxy) is 3. The van der Waals surface area contributed by atoms with E-state index in [-0.39, 0.29) is 36.4 Å². The first-order valence-corrected chi connectivity index (χ1v) is 7.57. The molecule has 0 bridgehead atoms. The van der Waals surface area contributed by atoms with Gasteiger partial charge in [-0.05, 0) is 26.0 Å². The molecule has 0 fully saturated rings. The minimum absolute atomic E-state index is 0. The van der Waals surface area contributed by atoms with Gasteiger partial charge >= 0.3 is 5.97 Å². The monoisotopic (exact) mass is 451 g/mol. The Morgan fingerprint density at radius 2 is 1.96 bits per heavy atom. The summed E-state index contributed by atoms with van der Waals surface area (Å²) in [6.45, 7) is 5.51. The van der Waals surface area contributed by atoms with Crippen molar-refractivity contribution in [1.29, 1.82) is 0 Å². The molecule has 24 heavy (non-hydrogen) atoms. The number of esters is 1. The largest absolute Gasteiger partial charge is 0.493 e. The molecule has 1 aromatic carbocycles. The first-order valence-electron chi connectivity index (χ1n) is 7.57. The summed E-state index contributed by atoms with van der Waals surface area (Å²) < 4.78 is 15.4. The topological polar surface area (TPSA) is 81.2 Å². The van der Waals surface area contributed by atoms with Crippen molar-refractivity contribution in [2.24, 2.45) is 4.99 Å². The fourth-order valence-corrected chi connectivity index (χ4v) is 1.82. The van der Waals surface area contributed by atoms with E-state index in [1.54, 1.807) is 7.11 Å². The highest BCUT2D eigenvalue weighted by molar-refractivity contribution is 14.0. The predicted molar refractivity (Wildman–Crippen MR) is 106 cm³/mol. The van der Waals surface area contributed by atoms with Crippen molar-refractivity contribution >= 4 is 41.6 Å². The van der Waals surface area contributed by atoms with E-state index in [1.165, 1.54) is 7.11 Å². The Morgan fingerprint density at radius 1 is 1.21 bits per heavy atom. The summed E-state index contributed by atoms with van der Waals surface area (Å²) in [5.74, 6) is 1.63. The lowest BCUT2D eigenvalue weighted by Gasteiger charge is -2.14. The number of anilines is 1. The zero-order valence-electron chi connectivity index (χ0n) is 14.5. The van der Waals surface area contributed by atoms with Gasteiger partial charge < -0.3 is 24.8 Å². The molecule has 0 aliphatic heterocycles. The molecule has 0 radical (unpaired) electrons. The average molecular weight is 451 g/mol. The molecular weight excluding hydrogens is 425 g/mol. The summed E-state index contributed by atoms with van der Waals surface area (Å²) in [5, 5.41) is 6.28. The quantitative estimate of drug-likeness (QED) is 0.274. The van der Waals surface area contributed by atoms with Crippen LogP contribution in [0.5, 0.6) is 11.5 Å². The lowest BCUT2D eigenvalue weighted by Crippen LogP contribution is -2.31. The number of halogens is 1. The van der Waals surface area contributed by atoms with E-state index in [0.29, 0.717) is 37.2 Å². The second-order valence-electron chi connectivity index (χ2n) is 4.51. The standard InChI is InChI=1S/C16H25N3O4.HI/c1-5-17-16(18-10-9-15(20)22-4)19-12-7-8-13(23-6-2)14(11-12)21-3;/h7-8,11H,5-6,9-10H2,1-4H3,(H2,17,18,19);1H. The number of benzene rings is 1. The Kier molecular flexibility index (Phi) is 11.8. The summed E-state index contributed by atoms with van der Waals surface area (Å²) in [6, 6.07) is 5.54. The number of methoxy groups -OCH3 is 2. The first-order chi connectivity index (χ1) is 11.1. The molecule has 0 saturated carbocycles. The van der Waals surface area contributed by atoms with Crippen molar-refractivity contribution in [3.05, 3.63) is 18.2 Å². The molecule has 0 aliphatic carbocycles. The number of guanidine groups is 1. The van der Waals surface area contributed by atoms with E-state index in [0.717, 1.165) is 5.69 Å². The van der Waals surface area contributed by atoms with Crippen molar-refractivity contribution in [2.45, 2.75) is 20.3 Å². The minimum Gasteiger partial charge on any atom is -0.493 e. The van der Waals surface area contributed by atoms with E-state index < -0.39 is 0 Å². The summed E-state index contributed by atoms with van der Waals surface area (Å²) in [4.78, 5) is 15.5. The number of hydrogen-bond donors (Lipinski definition) is 2. The first kappa shape index (κ1) is 22.3. The Morgan fingerprint density at radius 3 is 2.54 bits per heavy atom. The van der Waals surface area contributed by atoms with Gasteiger partial charge in [-0.25, -0.2) is 0 Å². The van der Waals surface area contributed by atoms with Crippen LogP contribution in [0.25, 0.3) is 0 Å². The molecule has 0 aromatic heterocycles. The molecule has 0 saturated heterocycles. The van der Waals surface area contributed by atoms with Gasteiger partial charge in [-0.2, -0.15) is 0 Å². The van der Waals surface area contributed by atoms with Crippen LogP contribution in [-0.2, 0) is 9.53 Å². The molecule has 0 spiro atoms. The summed E-state index contributed by atoms with van der Waals surface area (Å²) in [7, 11) is 2.96. The van der Waals surface area contributed by atoms with E-state index in [1.807, 2.05) is 32.0 Å². The molecule has 1 rings (SSSR count).